The maximum Gasteiger partial charge on any atom is 0.186 e. The van der Waals surface area contributed by atoms with Crippen LogP contribution >= 0.6 is 15.9 Å². The molecule has 0 radical (unpaired) electrons. The largest absolute Gasteiger partial charge is 0.496 e. The fourth-order valence-electron chi connectivity index (χ4n) is 2.09. The number of aromatic nitrogens is 2. The first-order chi connectivity index (χ1) is 10.2. The van der Waals surface area contributed by atoms with E-state index in [1.54, 1.807) is 25.1 Å². The highest BCUT2D eigenvalue weighted by Crippen LogP contribution is 2.22. The van der Waals surface area contributed by atoms with E-state index in [0.717, 1.165) is 5.56 Å². The van der Waals surface area contributed by atoms with Crippen molar-refractivity contribution in [1.82, 2.24) is 9.78 Å². The van der Waals surface area contributed by atoms with Crippen LogP contribution in [0.2, 0.25) is 0 Å². The number of para-hydroxylation sites is 1. The molecule has 6 heteroatoms. The summed E-state index contributed by atoms with van der Waals surface area (Å²) in [6.07, 6.45) is 1.90. The van der Waals surface area contributed by atoms with Crippen molar-refractivity contribution in [3.05, 3.63) is 46.2 Å². The standard InChI is InChI=1S/C15H17BrN2O3/c1-20-8-7-18-15(12(16)10-17-18)13(19)9-11-5-3-4-6-14(11)21-2/h3-6,10H,7-9H2,1-2H3. The van der Waals surface area contributed by atoms with Gasteiger partial charge in [0.05, 0.1) is 30.9 Å². The number of ketones is 1. The summed E-state index contributed by atoms with van der Waals surface area (Å²) in [5.74, 6) is 0.699. The van der Waals surface area contributed by atoms with Crippen LogP contribution in [-0.4, -0.2) is 36.4 Å². The van der Waals surface area contributed by atoms with Crippen LogP contribution in [0, 0.1) is 0 Å². The van der Waals surface area contributed by atoms with Gasteiger partial charge in [-0.1, -0.05) is 18.2 Å². The number of carbonyl (C=O) groups excluding carboxylic acids is 1. The molecule has 2 rings (SSSR count). The third-order valence-corrected chi connectivity index (χ3v) is 3.69. The Morgan fingerprint density at radius 3 is 2.81 bits per heavy atom. The summed E-state index contributed by atoms with van der Waals surface area (Å²) in [7, 11) is 3.22. The molecule has 5 nitrogen and oxygen atoms in total. The predicted molar refractivity (Wildman–Crippen MR) is 82.8 cm³/mol. The predicted octanol–water partition coefficient (Wildman–Crippen LogP) is 2.73. The summed E-state index contributed by atoms with van der Waals surface area (Å²) in [5.41, 5.74) is 1.41. The monoisotopic (exact) mass is 352 g/mol. The van der Waals surface area contributed by atoms with E-state index in [0.29, 0.717) is 29.1 Å². The van der Waals surface area contributed by atoms with Crippen molar-refractivity contribution in [3.63, 3.8) is 0 Å². The summed E-state index contributed by atoms with van der Waals surface area (Å²) in [5, 5.41) is 4.20. The lowest BCUT2D eigenvalue weighted by Gasteiger charge is -2.09. The zero-order valence-corrected chi connectivity index (χ0v) is 13.6. The molecule has 112 valence electrons. The second-order valence-electron chi connectivity index (χ2n) is 4.47. The number of halogens is 1. The minimum Gasteiger partial charge on any atom is -0.496 e. The lowest BCUT2D eigenvalue weighted by atomic mass is 10.1. The third-order valence-electron chi connectivity index (χ3n) is 3.11. The molecule has 0 N–H and O–H groups in total. The van der Waals surface area contributed by atoms with Gasteiger partial charge < -0.3 is 9.47 Å². The Bertz CT molecular complexity index is 625. The topological polar surface area (TPSA) is 53.4 Å². The number of hydrogen-bond donors (Lipinski definition) is 0. The third kappa shape index (κ3) is 3.71. The molecule has 1 aromatic heterocycles. The Labute approximate surface area is 132 Å². The molecule has 2 aromatic rings. The van der Waals surface area contributed by atoms with Gasteiger partial charge in [-0.2, -0.15) is 5.10 Å². The molecular formula is C15H17BrN2O3. The van der Waals surface area contributed by atoms with Crippen LogP contribution in [0.1, 0.15) is 16.1 Å². The van der Waals surface area contributed by atoms with Crippen molar-refractivity contribution in [2.45, 2.75) is 13.0 Å². The van der Waals surface area contributed by atoms with E-state index in [2.05, 4.69) is 21.0 Å². The van der Waals surface area contributed by atoms with Gasteiger partial charge in [0.1, 0.15) is 11.4 Å². The Balaban J connectivity index is 2.22. The average molecular weight is 353 g/mol. The number of nitrogens with zero attached hydrogens (tertiary/aromatic N) is 2. The summed E-state index contributed by atoms with van der Waals surface area (Å²) >= 11 is 3.38. The minimum absolute atomic E-state index is 0.0139. The number of ether oxygens (including phenoxy) is 2. The molecule has 0 bridgehead atoms. The fourth-order valence-corrected chi connectivity index (χ4v) is 2.61. The first-order valence-corrected chi connectivity index (χ1v) is 7.32. The maximum absolute atomic E-state index is 12.6. The van der Waals surface area contributed by atoms with Crippen LogP contribution in [0.4, 0.5) is 0 Å². The van der Waals surface area contributed by atoms with E-state index in [1.807, 2.05) is 24.3 Å². The van der Waals surface area contributed by atoms with Crippen LogP contribution in [0.5, 0.6) is 5.75 Å². The maximum atomic E-state index is 12.6. The molecule has 1 heterocycles. The molecule has 0 unspecified atom stereocenters. The van der Waals surface area contributed by atoms with Crippen LogP contribution in [0.15, 0.2) is 34.9 Å². The van der Waals surface area contributed by atoms with Gasteiger partial charge in [-0.25, -0.2) is 0 Å². The molecular weight excluding hydrogens is 336 g/mol. The fraction of sp³-hybridized carbons (Fsp3) is 0.333. The summed E-state index contributed by atoms with van der Waals surface area (Å²) < 4.78 is 12.7. The molecule has 0 saturated carbocycles. The van der Waals surface area contributed by atoms with Gasteiger partial charge in [-0.3, -0.25) is 9.48 Å². The van der Waals surface area contributed by atoms with Gasteiger partial charge in [0.25, 0.3) is 0 Å². The van der Waals surface area contributed by atoms with E-state index in [9.17, 15) is 4.79 Å². The molecule has 1 aromatic carbocycles. The van der Waals surface area contributed by atoms with Gasteiger partial charge >= 0.3 is 0 Å². The van der Waals surface area contributed by atoms with Crippen molar-refractivity contribution in [2.24, 2.45) is 0 Å². The summed E-state index contributed by atoms with van der Waals surface area (Å²) in [6, 6.07) is 7.51. The molecule has 0 aliphatic rings. The SMILES string of the molecule is COCCn1ncc(Br)c1C(=O)Cc1ccccc1OC. The van der Waals surface area contributed by atoms with Crippen LogP contribution < -0.4 is 4.74 Å². The smallest absolute Gasteiger partial charge is 0.186 e. The van der Waals surface area contributed by atoms with Gasteiger partial charge in [0.15, 0.2) is 5.78 Å². The Kier molecular flexibility index (Phi) is 5.52. The normalized spacial score (nSPS) is 10.6. The van der Waals surface area contributed by atoms with Crippen LogP contribution in [0.3, 0.4) is 0 Å². The summed E-state index contributed by atoms with van der Waals surface area (Å²) in [6.45, 7) is 1.04. The Morgan fingerprint density at radius 1 is 1.33 bits per heavy atom. The highest BCUT2D eigenvalue weighted by Gasteiger charge is 2.18. The first kappa shape index (κ1) is 15.7. The number of hydrogen-bond acceptors (Lipinski definition) is 4. The van der Waals surface area contributed by atoms with Crippen LogP contribution in [0.25, 0.3) is 0 Å². The van der Waals surface area contributed by atoms with E-state index >= 15 is 0 Å². The molecule has 21 heavy (non-hydrogen) atoms. The number of benzene rings is 1. The van der Waals surface area contributed by atoms with Crippen molar-refractivity contribution >= 4 is 21.7 Å². The average Bonchev–Trinajstić information content (AvgIpc) is 2.86. The second-order valence-corrected chi connectivity index (χ2v) is 5.32. The van der Waals surface area contributed by atoms with Crippen molar-refractivity contribution < 1.29 is 14.3 Å². The number of rotatable bonds is 7. The zero-order chi connectivity index (χ0) is 15.2. The van der Waals surface area contributed by atoms with Gasteiger partial charge in [-0.15, -0.1) is 0 Å². The van der Waals surface area contributed by atoms with E-state index in [4.69, 9.17) is 9.47 Å². The Hall–Kier alpha value is -1.66. The lowest BCUT2D eigenvalue weighted by Crippen LogP contribution is -2.15. The second kappa shape index (κ2) is 7.38. The van der Waals surface area contributed by atoms with Gasteiger partial charge in [0.2, 0.25) is 0 Å². The highest BCUT2D eigenvalue weighted by molar-refractivity contribution is 9.10. The molecule has 0 spiro atoms. The quantitative estimate of drug-likeness (QED) is 0.719. The van der Waals surface area contributed by atoms with E-state index in [-0.39, 0.29) is 12.2 Å². The number of Topliss-reactive ketones (excluding diaryl/α,β-unsaturated/α-hetero) is 1. The van der Waals surface area contributed by atoms with Gasteiger partial charge in [-0.05, 0) is 22.0 Å². The van der Waals surface area contributed by atoms with Crippen LogP contribution in [-0.2, 0) is 17.7 Å². The first-order valence-electron chi connectivity index (χ1n) is 6.52. The molecule has 0 aliphatic heterocycles. The summed E-state index contributed by atoms with van der Waals surface area (Å²) in [4.78, 5) is 12.6. The van der Waals surface area contributed by atoms with E-state index in [1.165, 1.54) is 0 Å². The van der Waals surface area contributed by atoms with E-state index < -0.39 is 0 Å². The zero-order valence-electron chi connectivity index (χ0n) is 12.0. The molecule has 0 atom stereocenters. The van der Waals surface area contributed by atoms with Crippen molar-refractivity contribution in [2.75, 3.05) is 20.8 Å². The van der Waals surface area contributed by atoms with Crippen molar-refractivity contribution in [3.8, 4) is 5.75 Å². The number of methoxy groups -OCH3 is 2. The molecule has 0 amide bonds. The molecule has 0 saturated heterocycles. The number of carbonyl (C=O) groups is 1. The minimum atomic E-state index is -0.0139. The van der Waals surface area contributed by atoms with Crippen molar-refractivity contribution in [1.29, 1.82) is 0 Å². The molecule has 0 aliphatic carbocycles. The highest BCUT2D eigenvalue weighted by atomic mass is 79.9. The lowest BCUT2D eigenvalue weighted by molar-refractivity contribution is 0.0977. The Morgan fingerprint density at radius 2 is 2.10 bits per heavy atom. The van der Waals surface area contributed by atoms with Gasteiger partial charge in [0, 0.05) is 19.1 Å². The molecule has 0 fully saturated rings.